The van der Waals surface area contributed by atoms with E-state index in [4.69, 9.17) is 4.42 Å². The summed E-state index contributed by atoms with van der Waals surface area (Å²) < 4.78 is 6.24. The largest absolute Gasteiger partial charge is 0.455 e. The van der Waals surface area contributed by atoms with Crippen LogP contribution < -0.4 is 0 Å². The molecule has 0 unspecified atom stereocenters. The first-order valence-electron chi connectivity index (χ1n) is 7.93. The van der Waals surface area contributed by atoms with Crippen LogP contribution in [0.3, 0.4) is 0 Å². The normalized spacial score (nSPS) is 13.3. The Hall–Kier alpha value is -2.35. The van der Waals surface area contributed by atoms with Crippen LogP contribution in [0.4, 0.5) is 0 Å². The van der Waals surface area contributed by atoms with Gasteiger partial charge in [-0.15, -0.1) is 0 Å². The second kappa shape index (κ2) is 7.28. The van der Waals surface area contributed by atoms with Crippen molar-refractivity contribution in [2.24, 2.45) is 4.99 Å². The Morgan fingerprint density at radius 2 is 2.04 bits per heavy atom. The van der Waals surface area contributed by atoms with Gasteiger partial charge in [0.1, 0.15) is 11.3 Å². The van der Waals surface area contributed by atoms with Gasteiger partial charge in [0.05, 0.1) is 0 Å². The Bertz CT molecular complexity index is 816. The maximum absolute atomic E-state index is 6.24. The summed E-state index contributed by atoms with van der Waals surface area (Å²) in [5.74, 6) is 0.917. The molecule has 0 N–H and O–H groups in total. The van der Waals surface area contributed by atoms with Crippen molar-refractivity contribution in [1.29, 1.82) is 0 Å². The molecule has 2 heteroatoms. The molecule has 0 bridgehead atoms. The highest BCUT2D eigenvalue weighted by Crippen LogP contribution is 2.35. The Morgan fingerprint density at radius 3 is 2.65 bits per heavy atom. The predicted octanol–water partition coefficient (Wildman–Crippen LogP) is 6.00. The van der Waals surface area contributed by atoms with Crippen LogP contribution in [0.15, 0.2) is 45.8 Å². The molecule has 0 spiro atoms. The van der Waals surface area contributed by atoms with Crippen molar-refractivity contribution in [2.45, 2.75) is 34.1 Å². The van der Waals surface area contributed by atoms with Crippen molar-refractivity contribution in [1.82, 2.24) is 0 Å². The minimum atomic E-state index is 0.833. The lowest BCUT2D eigenvalue weighted by Crippen LogP contribution is -1.90. The minimum Gasteiger partial charge on any atom is -0.455 e. The Balaban J connectivity index is 2.65. The molecule has 1 aromatic heterocycles. The van der Waals surface area contributed by atoms with E-state index >= 15 is 0 Å². The molecule has 2 aromatic rings. The summed E-state index contributed by atoms with van der Waals surface area (Å²) >= 11 is 0. The van der Waals surface area contributed by atoms with Crippen LogP contribution in [-0.2, 0) is 6.42 Å². The molecule has 23 heavy (non-hydrogen) atoms. The maximum atomic E-state index is 6.24. The third-order valence-corrected chi connectivity index (χ3v) is 4.19. The maximum Gasteiger partial charge on any atom is 0.139 e. The number of hydrogen-bond donors (Lipinski definition) is 0. The summed E-state index contributed by atoms with van der Waals surface area (Å²) in [5.41, 5.74) is 6.80. The third-order valence-electron chi connectivity index (χ3n) is 4.19. The molecule has 0 saturated carbocycles. The quantitative estimate of drug-likeness (QED) is 0.622. The summed E-state index contributed by atoms with van der Waals surface area (Å²) in [5, 5.41) is 1.13. The number of aliphatic imine (C=N–C) groups is 1. The highest BCUT2D eigenvalue weighted by atomic mass is 16.3. The molecule has 120 valence electrons. The van der Waals surface area contributed by atoms with E-state index < -0.39 is 0 Å². The zero-order chi connectivity index (χ0) is 17.0. The van der Waals surface area contributed by atoms with E-state index in [2.05, 4.69) is 56.6 Å². The number of nitrogens with zero attached hydrogens (tertiary/aromatic N) is 1. The van der Waals surface area contributed by atoms with E-state index in [9.17, 15) is 0 Å². The lowest BCUT2D eigenvalue weighted by Gasteiger charge is -2.04. The van der Waals surface area contributed by atoms with E-state index in [1.54, 1.807) is 7.05 Å². The van der Waals surface area contributed by atoms with Gasteiger partial charge in [0, 0.05) is 29.8 Å². The first-order chi connectivity index (χ1) is 11.0. The molecule has 1 heterocycles. The number of benzene rings is 1. The van der Waals surface area contributed by atoms with Gasteiger partial charge in [-0.3, -0.25) is 4.99 Å². The molecule has 0 aliphatic heterocycles. The van der Waals surface area contributed by atoms with E-state index in [-0.39, 0.29) is 0 Å². The Morgan fingerprint density at radius 1 is 1.30 bits per heavy atom. The molecule has 2 rings (SSSR count). The third kappa shape index (κ3) is 3.37. The van der Waals surface area contributed by atoms with Crippen molar-refractivity contribution in [2.75, 3.05) is 7.05 Å². The van der Waals surface area contributed by atoms with E-state index in [0.29, 0.717) is 0 Å². The standard InChI is InChI=1S/C21H25NO/c1-7-15(4)20-17(8-2)19-12-10-16(5)18(21(19)23-20)11-9-14(3)13-22-6/h7-10,12-13H,2,11H2,1,3-6H3/b14-9-,15-7-,22-13?. The van der Waals surface area contributed by atoms with Crippen molar-refractivity contribution in [3.05, 3.63) is 58.9 Å². The van der Waals surface area contributed by atoms with Crippen molar-refractivity contribution >= 4 is 28.8 Å². The predicted molar refractivity (Wildman–Crippen MR) is 102 cm³/mol. The summed E-state index contributed by atoms with van der Waals surface area (Å²) in [4.78, 5) is 4.06. The van der Waals surface area contributed by atoms with Gasteiger partial charge < -0.3 is 4.42 Å². The molecule has 0 amide bonds. The number of hydrogen-bond acceptors (Lipinski definition) is 2. The first kappa shape index (κ1) is 17.0. The van der Waals surface area contributed by atoms with Gasteiger partial charge in [0.2, 0.25) is 0 Å². The molecule has 0 saturated heterocycles. The smallest absolute Gasteiger partial charge is 0.139 e. The van der Waals surface area contributed by atoms with Crippen molar-refractivity contribution in [3.8, 4) is 0 Å². The minimum absolute atomic E-state index is 0.833. The molecule has 1 aromatic carbocycles. The van der Waals surface area contributed by atoms with E-state index in [0.717, 1.165) is 39.9 Å². The van der Waals surface area contributed by atoms with Crippen molar-refractivity contribution < 1.29 is 4.42 Å². The van der Waals surface area contributed by atoms with Gasteiger partial charge in [-0.1, -0.05) is 36.9 Å². The highest BCUT2D eigenvalue weighted by molar-refractivity contribution is 5.94. The molecule has 0 fully saturated rings. The van der Waals surface area contributed by atoms with Crippen LogP contribution in [0.25, 0.3) is 22.6 Å². The molecular formula is C21H25NO. The first-order valence-corrected chi connectivity index (χ1v) is 7.93. The van der Waals surface area contributed by atoms with E-state index in [1.807, 2.05) is 19.2 Å². The number of allylic oxidation sites excluding steroid dienone is 4. The number of rotatable bonds is 5. The second-order valence-electron chi connectivity index (χ2n) is 5.80. The SMILES string of the molecule is C=Cc1c(/C(C)=C\C)oc2c(C/C=C(/C)C=NC)c(C)ccc12. The van der Waals surface area contributed by atoms with Gasteiger partial charge in [-0.25, -0.2) is 0 Å². The summed E-state index contributed by atoms with van der Waals surface area (Å²) in [6.45, 7) is 12.3. The van der Waals surface area contributed by atoms with Gasteiger partial charge in [-0.2, -0.15) is 0 Å². The summed E-state index contributed by atoms with van der Waals surface area (Å²) in [6, 6.07) is 4.29. The lowest BCUT2D eigenvalue weighted by atomic mass is 9.99. The molecule has 0 aliphatic rings. The molecule has 0 radical (unpaired) electrons. The Kier molecular flexibility index (Phi) is 5.38. The van der Waals surface area contributed by atoms with Gasteiger partial charge >= 0.3 is 0 Å². The van der Waals surface area contributed by atoms with Crippen molar-refractivity contribution in [3.63, 3.8) is 0 Å². The van der Waals surface area contributed by atoms with Gasteiger partial charge in [-0.05, 0) is 50.8 Å². The molecule has 2 nitrogen and oxygen atoms in total. The van der Waals surface area contributed by atoms with Crippen LogP contribution in [0.2, 0.25) is 0 Å². The van der Waals surface area contributed by atoms with Gasteiger partial charge in [0.25, 0.3) is 0 Å². The van der Waals surface area contributed by atoms with Gasteiger partial charge in [0.15, 0.2) is 0 Å². The number of fused-ring (bicyclic) bond motifs is 1. The van der Waals surface area contributed by atoms with Crippen LogP contribution in [-0.4, -0.2) is 13.3 Å². The monoisotopic (exact) mass is 307 g/mol. The summed E-state index contributed by atoms with van der Waals surface area (Å²) in [7, 11) is 1.79. The topological polar surface area (TPSA) is 25.5 Å². The Labute approximate surface area is 138 Å². The zero-order valence-corrected chi connectivity index (χ0v) is 14.7. The average Bonchev–Trinajstić information content (AvgIpc) is 2.92. The van der Waals surface area contributed by atoms with Crippen LogP contribution in [0.5, 0.6) is 0 Å². The fourth-order valence-corrected chi connectivity index (χ4v) is 2.73. The molecule has 0 aliphatic carbocycles. The lowest BCUT2D eigenvalue weighted by molar-refractivity contribution is 0.594. The average molecular weight is 307 g/mol. The fourth-order valence-electron chi connectivity index (χ4n) is 2.73. The zero-order valence-electron chi connectivity index (χ0n) is 14.7. The summed E-state index contributed by atoms with van der Waals surface area (Å²) in [6.07, 6.45) is 8.85. The van der Waals surface area contributed by atoms with Crippen LogP contribution >= 0.6 is 0 Å². The molecule has 0 atom stereocenters. The second-order valence-corrected chi connectivity index (χ2v) is 5.80. The fraction of sp³-hybridized carbons (Fsp3) is 0.286. The molecular weight excluding hydrogens is 282 g/mol. The highest BCUT2D eigenvalue weighted by Gasteiger charge is 2.16. The number of aryl methyl sites for hydroxylation is 1. The van der Waals surface area contributed by atoms with Crippen LogP contribution in [0, 0.1) is 6.92 Å². The van der Waals surface area contributed by atoms with E-state index in [1.165, 1.54) is 11.1 Å². The van der Waals surface area contributed by atoms with Crippen LogP contribution in [0.1, 0.15) is 43.2 Å². The number of furan rings is 1.